The fourth-order valence-corrected chi connectivity index (χ4v) is 4.42. The summed E-state index contributed by atoms with van der Waals surface area (Å²) in [6.07, 6.45) is 1.66. The number of aromatic nitrogens is 2. The molecule has 0 aliphatic heterocycles. The van der Waals surface area contributed by atoms with E-state index in [1.165, 1.54) is 10.1 Å². The molecule has 0 bridgehead atoms. The maximum absolute atomic E-state index is 13.4. The van der Waals surface area contributed by atoms with Crippen molar-refractivity contribution in [1.82, 2.24) is 9.66 Å². The van der Waals surface area contributed by atoms with Crippen molar-refractivity contribution in [2.75, 3.05) is 0 Å². The van der Waals surface area contributed by atoms with Crippen molar-refractivity contribution in [3.05, 3.63) is 143 Å². The first-order chi connectivity index (χ1) is 18.3. The predicted molar refractivity (Wildman–Crippen MR) is 149 cm³/mol. The molecule has 0 saturated carbocycles. The van der Waals surface area contributed by atoms with Crippen LogP contribution in [-0.4, -0.2) is 15.9 Å². The van der Waals surface area contributed by atoms with Gasteiger partial charge < -0.3 is 4.74 Å². The highest BCUT2D eigenvalue weighted by Crippen LogP contribution is 2.23. The number of hydrogen-bond donors (Lipinski definition) is 0. The minimum atomic E-state index is -0.227. The van der Waals surface area contributed by atoms with E-state index in [-0.39, 0.29) is 5.56 Å². The summed E-state index contributed by atoms with van der Waals surface area (Å²) >= 11 is 0. The molecule has 0 atom stereocenters. The molecule has 0 spiro atoms. The maximum atomic E-state index is 13.4. The summed E-state index contributed by atoms with van der Waals surface area (Å²) in [7, 11) is 0. The molecule has 1 heterocycles. The summed E-state index contributed by atoms with van der Waals surface area (Å²) in [6, 6.07) is 39.1. The standard InChI is InChI=1S/C32H23N3O2/c36-32-28-18-7-8-19-29(28)34-31(24-12-2-1-3-13-24)35(32)33-21-25-14-5-9-20-30(25)37-22-26-16-10-15-23-11-4-6-17-27(23)26/h1-21H,22H2. The summed E-state index contributed by atoms with van der Waals surface area (Å²) in [5, 5.41) is 7.46. The Bertz CT molecular complexity index is 1800. The van der Waals surface area contributed by atoms with E-state index >= 15 is 0 Å². The van der Waals surface area contributed by atoms with Gasteiger partial charge in [0, 0.05) is 11.1 Å². The van der Waals surface area contributed by atoms with Crippen LogP contribution in [0.5, 0.6) is 5.75 Å². The Morgan fingerprint density at radius 2 is 1.43 bits per heavy atom. The van der Waals surface area contributed by atoms with Gasteiger partial charge in [-0.2, -0.15) is 9.78 Å². The largest absolute Gasteiger partial charge is 0.488 e. The first kappa shape index (κ1) is 22.4. The second kappa shape index (κ2) is 9.91. The number of fused-ring (bicyclic) bond motifs is 2. The number of rotatable bonds is 6. The van der Waals surface area contributed by atoms with E-state index in [2.05, 4.69) is 29.4 Å². The maximum Gasteiger partial charge on any atom is 0.282 e. The lowest BCUT2D eigenvalue weighted by Gasteiger charge is -2.12. The van der Waals surface area contributed by atoms with Crippen LogP contribution in [0.1, 0.15) is 11.1 Å². The molecule has 0 radical (unpaired) electrons. The average Bonchev–Trinajstić information content (AvgIpc) is 2.96. The Hall–Kier alpha value is -5.03. The monoisotopic (exact) mass is 481 g/mol. The second-order valence-corrected chi connectivity index (χ2v) is 8.64. The number of benzene rings is 5. The summed E-state index contributed by atoms with van der Waals surface area (Å²) in [4.78, 5) is 18.2. The van der Waals surface area contributed by atoms with Gasteiger partial charge in [-0.3, -0.25) is 4.79 Å². The van der Waals surface area contributed by atoms with Crippen LogP contribution in [-0.2, 0) is 6.61 Å². The van der Waals surface area contributed by atoms with E-state index in [0.29, 0.717) is 29.1 Å². The van der Waals surface area contributed by atoms with Crippen LogP contribution >= 0.6 is 0 Å². The first-order valence-electron chi connectivity index (χ1n) is 12.1. The van der Waals surface area contributed by atoms with Crippen LogP contribution in [0.3, 0.4) is 0 Å². The van der Waals surface area contributed by atoms with Gasteiger partial charge in [-0.1, -0.05) is 97.1 Å². The minimum absolute atomic E-state index is 0.227. The third-order valence-electron chi connectivity index (χ3n) is 6.28. The Balaban J connectivity index is 1.38. The molecule has 0 aliphatic carbocycles. The Morgan fingerprint density at radius 3 is 2.32 bits per heavy atom. The molecular formula is C32H23N3O2. The molecule has 0 aliphatic rings. The molecule has 1 aromatic heterocycles. The zero-order valence-electron chi connectivity index (χ0n) is 20.0. The number of hydrogen-bond acceptors (Lipinski definition) is 4. The highest BCUT2D eigenvalue weighted by molar-refractivity contribution is 5.86. The van der Waals surface area contributed by atoms with E-state index in [1.54, 1.807) is 12.3 Å². The number of ether oxygens (including phenoxy) is 1. The van der Waals surface area contributed by atoms with E-state index in [1.807, 2.05) is 91.0 Å². The molecular weight excluding hydrogens is 458 g/mol. The summed E-state index contributed by atoms with van der Waals surface area (Å²) in [5.74, 6) is 1.16. The zero-order valence-corrected chi connectivity index (χ0v) is 20.0. The zero-order chi connectivity index (χ0) is 25.0. The first-order valence-corrected chi connectivity index (χ1v) is 12.1. The molecule has 0 unspecified atom stereocenters. The lowest BCUT2D eigenvalue weighted by atomic mass is 10.1. The SMILES string of the molecule is O=c1c2ccccc2nc(-c2ccccc2)n1N=Cc1ccccc1OCc1cccc2ccccc12. The highest BCUT2D eigenvalue weighted by atomic mass is 16.5. The second-order valence-electron chi connectivity index (χ2n) is 8.64. The lowest BCUT2D eigenvalue weighted by molar-refractivity contribution is 0.307. The predicted octanol–water partition coefficient (Wildman–Crippen LogP) is 6.68. The molecule has 0 N–H and O–H groups in total. The van der Waals surface area contributed by atoms with Crippen molar-refractivity contribution in [2.24, 2.45) is 5.10 Å². The van der Waals surface area contributed by atoms with Crippen LogP contribution < -0.4 is 10.3 Å². The van der Waals surface area contributed by atoms with Gasteiger partial charge >= 0.3 is 0 Å². The molecule has 5 heteroatoms. The van der Waals surface area contributed by atoms with Crippen LogP contribution in [0.25, 0.3) is 33.1 Å². The highest BCUT2D eigenvalue weighted by Gasteiger charge is 2.12. The molecule has 37 heavy (non-hydrogen) atoms. The van der Waals surface area contributed by atoms with Crippen LogP contribution in [0, 0.1) is 0 Å². The van der Waals surface area contributed by atoms with Crippen LogP contribution in [0.2, 0.25) is 0 Å². The van der Waals surface area contributed by atoms with E-state index in [0.717, 1.165) is 22.1 Å². The molecule has 0 saturated heterocycles. The van der Waals surface area contributed by atoms with Crippen LogP contribution in [0.15, 0.2) is 131 Å². The quantitative estimate of drug-likeness (QED) is 0.249. The van der Waals surface area contributed by atoms with Gasteiger partial charge in [0.25, 0.3) is 5.56 Å². The van der Waals surface area contributed by atoms with Crippen molar-refractivity contribution in [1.29, 1.82) is 0 Å². The van der Waals surface area contributed by atoms with Gasteiger partial charge in [-0.25, -0.2) is 4.98 Å². The van der Waals surface area contributed by atoms with Crippen molar-refractivity contribution in [2.45, 2.75) is 6.61 Å². The van der Waals surface area contributed by atoms with Gasteiger partial charge in [-0.15, -0.1) is 0 Å². The van der Waals surface area contributed by atoms with E-state index in [4.69, 9.17) is 9.72 Å². The summed E-state index contributed by atoms with van der Waals surface area (Å²) in [6.45, 7) is 0.416. The topological polar surface area (TPSA) is 56.5 Å². The summed E-state index contributed by atoms with van der Waals surface area (Å²) in [5.41, 5.74) is 3.09. The molecule has 5 nitrogen and oxygen atoms in total. The molecule has 6 rings (SSSR count). The minimum Gasteiger partial charge on any atom is -0.488 e. The van der Waals surface area contributed by atoms with Crippen molar-refractivity contribution in [3.63, 3.8) is 0 Å². The average molecular weight is 482 g/mol. The number of nitrogens with zero attached hydrogens (tertiary/aromatic N) is 3. The number of para-hydroxylation sites is 2. The Labute approximate surface area is 213 Å². The van der Waals surface area contributed by atoms with Crippen molar-refractivity contribution < 1.29 is 4.74 Å². The smallest absolute Gasteiger partial charge is 0.282 e. The van der Waals surface area contributed by atoms with Gasteiger partial charge in [0.05, 0.1) is 17.1 Å². The molecule has 0 amide bonds. The Kier molecular flexibility index (Phi) is 6.01. The molecule has 5 aromatic carbocycles. The fraction of sp³-hybridized carbons (Fsp3) is 0.0312. The molecule has 178 valence electrons. The third-order valence-corrected chi connectivity index (χ3v) is 6.28. The summed E-state index contributed by atoms with van der Waals surface area (Å²) < 4.78 is 7.60. The molecule has 0 fully saturated rings. The molecule has 6 aromatic rings. The van der Waals surface area contributed by atoms with Crippen LogP contribution in [0.4, 0.5) is 0 Å². The third kappa shape index (κ3) is 4.50. The van der Waals surface area contributed by atoms with Crippen molar-refractivity contribution in [3.8, 4) is 17.1 Å². The van der Waals surface area contributed by atoms with Gasteiger partial charge in [0.15, 0.2) is 5.82 Å². The van der Waals surface area contributed by atoms with E-state index < -0.39 is 0 Å². The lowest BCUT2D eigenvalue weighted by Crippen LogP contribution is -2.20. The van der Waals surface area contributed by atoms with Gasteiger partial charge in [0.2, 0.25) is 0 Å². The van der Waals surface area contributed by atoms with Gasteiger partial charge in [-0.05, 0) is 40.6 Å². The van der Waals surface area contributed by atoms with Gasteiger partial charge in [0.1, 0.15) is 12.4 Å². The van der Waals surface area contributed by atoms with E-state index in [9.17, 15) is 4.79 Å². The Morgan fingerprint density at radius 1 is 0.730 bits per heavy atom. The normalized spacial score (nSPS) is 11.4. The fourth-order valence-electron chi connectivity index (χ4n) is 4.42. The van der Waals surface area contributed by atoms with Crippen molar-refractivity contribution >= 4 is 27.9 Å².